The van der Waals surface area contributed by atoms with Crippen LogP contribution in [0.2, 0.25) is 0 Å². The molecule has 0 aliphatic heterocycles. The monoisotopic (exact) mass is 261 g/mol. The molecule has 0 saturated carbocycles. The van der Waals surface area contributed by atoms with E-state index in [0.29, 0.717) is 30.5 Å². The predicted molar refractivity (Wildman–Crippen MR) is 70.0 cm³/mol. The van der Waals surface area contributed by atoms with Gasteiger partial charge in [-0.25, -0.2) is 9.78 Å². The number of hydrogen-bond donors (Lipinski definition) is 2. The number of nitrogens with zero attached hydrogens (tertiary/aromatic N) is 2. The van der Waals surface area contributed by atoms with E-state index in [2.05, 4.69) is 10.3 Å². The first kappa shape index (κ1) is 13.1. The highest BCUT2D eigenvalue weighted by Crippen LogP contribution is 2.18. The molecule has 1 amide bonds. The van der Waals surface area contributed by atoms with Gasteiger partial charge in [0.2, 0.25) is 5.91 Å². The van der Waals surface area contributed by atoms with Crippen molar-refractivity contribution in [3.8, 4) is 0 Å². The number of carbonyl (C=O) groups is 2. The Kier molecular flexibility index (Phi) is 3.79. The summed E-state index contributed by atoms with van der Waals surface area (Å²) in [5.74, 6) is -1.05. The molecule has 0 unspecified atom stereocenters. The van der Waals surface area contributed by atoms with E-state index in [-0.39, 0.29) is 11.5 Å². The van der Waals surface area contributed by atoms with E-state index in [1.807, 2.05) is 6.92 Å². The van der Waals surface area contributed by atoms with Crippen LogP contribution in [0.15, 0.2) is 24.5 Å². The second-order valence-electron chi connectivity index (χ2n) is 4.12. The molecular weight excluding hydrogens is 246 g/mol. The van der Waals surface area contributed by atoms with E-state index in [1.165, 1.54) is 6.07 Å². The van der Waals surface area contributed by atoms with Crippen molar-refractivity contribution in [3.05, 3.63) is 30.1 Å². The molecule has 6 heteroatoms. The molecule has 100 valence electrons. The molecule has 6 nitrogen and oxygen atoms in total. The van der Waals surface area contributed by atoms with Gasteiger partial charge in [0.25, 0.3) is 0 Å². The molecular formula is C13H15N3O3. The Balaban J connectivity index is 2.29. The molecule has 0 saturated heterocycles. The van der Waals surface area contributed by atoms with Crippen LogP contribution in [0.3, 0.4) is 0 Å². The zero-order chi connectivity index (χ0) is 13.8. The first-order valence-electron chi connectivity index (χ1n) is 6.07. The van der Waals surface area contributed by atoms with Crippen LogP contribution < -0.4 is 5.32 Å². The normalized spacial score (nSPS) is 10.6. The summed E-state index contributed by atoms with van der Waals surface area (Å²) in [7, 11) is 0. The van der Waals surface area contributed by atoms with Crippen molar-refractivity contribution in [2.45, 2.75) is 19.9 Å². The zero-order valence-corrected chi connectivity index (χ0v) is 10.6. The number of carbonyl (C=O) groups excluding carboxylic acids is 1. The number of rotatable bonds is 5. The minimum Gasteiger partial charge on any atom is -0.478 e. The van der Waals surface area contributed by atoms with Crippen LogP contribution in [-0.4, -0.2) is 33.1 Å². The molecule has 1 aromatic carbocycles. The molecule has 0 atom stereocenters. The number of hydrogen-bond acceptors (Lipinski definition) is 3. The van der Waals surface area contributed by atoms with Gasteiger partial charge in [-0.2, -0.15) is 0 Å². The smallest absolute Gasteiger partial charge is 0.337 e. The van der Waals surface area contributed by atoms with Crippen molar-refractivity contribution in [3.63, 3.8) is 0 Å². The minimum absolute atomic E-state index is 0.0582. The highest BCUT2D eigenvalue weighted by atomic mass is 16.4. The third-order valence-electron chi connectivity index (χ3n) is 2.82. The number of carboxylic acids is 1. The second kappa shape index (κ2) is 5.51. The molecule has 1 heterocycles. The summed E-state index contributed by atoms with van der Waals surface area (Å²) in [6.45, 7) is 2.85. The first-order valence-corrected chi connectivity index (χ1v) is 6.07. The third-order valence-corrected chi connectivity index (χ3v) is 2.82. The number of carboxylic acid groups (broad SMARTS) is 1. The van der Waals surface area contributed by atoms with Crippen molar-refractivity contribution in [1.29, 1.82) is 0 Å². The Labute approximate surface area is 110 Å². The number of nitrogens with one attached hydrogen (secondary N) is 1. The predicted octanol–water partition coefficient (Wildman–Crippen LogP) is 1.26. The van der Waals surface area contributed by atoms with E-state index >= 15 is 0 Å². The number of aryl methyl sites for hydroxylation is 1. The van der Waals surface area contributed by atoms with E-state index < -0.39 is 5.97 Å². The van der Waals surface area contributed by atoms with Gasteiger partial charge in [-0.1, -0.05) is 6.07 Å². The van der Waals surface area contributed by atoms with Crippen LogP contribution in [0.5, 0.6) is 0 Å². The number of aromatic carboxylic acids is 1. The average Bonchev–Trinajstić information content (AvgIpc) is 2.79. The van der Waals surface area contributed by atoms with Crippen molar-refractivity contribution in [2.24, 2.45) is 0 Å². The molecule has 0 fully saturated rings. The highest BCUT2D eigenvalue weighted by molar-refractivity contribution is 6.01. The van der Waals surface area contributed by atoms with Gasteiger partial charge in [-0.05, 0) is 19.1 Å². The summed E-state index contributed by atoms with van der Waals surface area (Å²) in [6, 6.07) is 4.95. The van der Waals surface area contributed by atoms with Gasteiger partial charge < -0.3 is 15.0 Å². The van der Waals surface area contributed by atoms with E-state index in [1.54, 1.807) is 23.0 Å². The number of fused-ring (bicyclic) bond motifs is 1. The quantitative estimate of drug-likeness (QED) is 0.848. The van der Waals surface area contributed by atoms with Crippen molar-refractivity contribution < 1.29 is 14.7 Å². The van der Waals surface area contributed by atoms with Gasteiger partial charge in [0.1, 0.15) is 0 Å². The van der Waals surface area contributed by atoms with Gasteiger partial charge >= 0.3 is 5.97 Å². The number of para-hydroxylation sites is 1. The third kappa shape index (κ3) is 2.73. The van der Waals surface area contributed by atoms with E-state index in [9.17, 15) is 9.59 Å². The maximum absolute atomic E-state index is 11.4. The molecule has 2 aromatic rings. The van der Waals surface area contributed by atoms with E-state index in [4.69, 9.17) is 5.11 Å². The van der Waals surface area contributed by atoms with Crippen molar-refractivity contribution >= 4 is 22.9 Å². The van der Waals surface area contributed by atoms with E-state index in [0.717, 1.165) is 0 Å². The van der Waals surface area contributed by atoms with Gasteiger partial charge in [0, 0.05) is 19.5 Å². The van der Waals surface area contributed by atoms with Crippen LogP contribution in [0.4, 0.5) is 0 Å². The Morgan fingerprint density at radius 1 is 1.42 bits per heavy atom. The fourth-order valence-corrected chi connectivity index (χ4v) is 1.98. The molecule has 0 radical (unpaired) electrons. The van der Waals surface area contributed by atoms with Crippen molar-refractivity contribution in [1.82, 2.24) is 14.9 Å². The van der Waals surface area contributed by atoms with Crippen LogP contribution in [0.1, 0.15) is 23.7 Å². The molecule has 2 rings (SSSR count). The lowest BCUT2D eigenvalue weighted by Crippen LogP contribution is -2.23. The fourth-order valence-electron chi connectivity index (χ4n) is 1.98. The van der Waals surface area contributed by atoms with Gasteiger partial charge in [-0.15, -0.1) is 0 Å². The molecule has 0 spiro atoms. The number of benzene rings is 1. The lowest BCUT2D eigenvalue weighted by atomic mass is 10.2. The standard InChI is InChI=1S/C13H15N3O3/c1-2-14-11(17)6-7-16-8-15-10-5-3-4-9(12(10)16)13(18)19/h3-5,8H,2,6-7H2,1H3,(H,14,17)(H,18,19). The number of amides is 1. The Morgan fingerprint density at radius 2 is 2.21 bits per heavy atom. The first-order chi connectivity index (χ1) is 9.13. The van der Waals surface area contributed by atoms with Crippen LogP contribution in [-0.2, 0) is 11.3 Å². The summed E-state index contributed by atoms with van der Waals surface area (Å²) in [6.07, 6.45) is 1.86. The molecule has 19 heavy (non-hydrogen) atoms. The average molecular weight is 261 g/mol. The SMILES string of the molecule is CCNC(=O)CCn1cnc2cccc(C(=O)O)c21. The maximum Gasteiger partial charge on any atom is 0.337 e. The summed E-state index contributed by atoms with van der Waals surface area (Å²) >= 11 is 0. The molecule has 0 aliphatic rings. The highest BCUT2D eigenvalue weighted by Gasteiger charge is 2.13. The summed E-state index contributed by atoms with van der Waals surface area (Å²) in [4.78, 5) is 26.8. The topological polar surface area (TPSA) is 84.2 Å². The molecule has 0 aliphatic carbocycles. The Bertz CT molecular complexity index is 619. The Hall–Kier alpha value is -2.37. The summed E-state index contributed by atoms with van der Waals surface area (Å²) < 4.78 is 1.70. The number of imidazole rings is 1. The summed E-state index contributed by atoms with van der Waals surface area (Å²) in [5.41, 5.74) is 1.38. The van der Waals surface area contributed by atoms with Crippen LogP contribution in [0, 0.1) is 0 Å². The van der Waals surface area contributed by atoms with Crippen LogP contribution >= 0.6 is 0 Å². The van der Waals surface area contributed by atoms with Gasteiger partial charge in [0.15, 0.2) is 0 Å². The Morgan fingerprint density at radius 3 is 2.89 bits per heavy atom. The van der Waals surface area contributed by atoms with Crippen LogP contribution in [0.25, 0.3) is 11.0 Å². The minimum atomic E-state index is -0.995. The molecule has 0 bridgehead atoms. The zero-order valence-electron chi connectivity index (χ0n) is 10.6. The fraction of sp³-hybridized carbons (Fsp3) is 0.308. The molecule has 2 N–H and O–H groups in total. The van der Waals surface area contributed by atoms with Crippen molar-refractivity contribution in [2.75, 3.05) is 6.54 Å². The summed E-state index contributed by atoms with van der Waals surface area (Å²) in [5, 5.41) is 11.9. The second-order valence-corrected chi connectivity index (χ2v) is 4.12. The van der Waals surface area contributed by atoms with Gasteiger partial charge in [-0.3, -0.25) is 4.79 Å². The molecule has 1 aromatic heterocycles. The maximum atomic E-state index is 11.4. The number of aromatic nitrogens is 2. The largest absolute Gasteiger partial charge is 0.478 e. The lowest BCUT2D eigenvalue weighted by Gasteiger charge is -2.06. The lowest BCUT2D eigenvalue weighted by molar-refractivity contribution is -0.121. The van der Waals surface area contributed by atoms with Gasteiger partial charge in [0.05, 0.1) is 22.9 Å².